The third-order valence-corrected chi connectivity index (χ3v) is 13.5. The zero-order chi connectivity index (χ0) is 51.0. The van der Waals surface area contributed by atoms with E-state index in [1.54, 1.807) is 25.7 Å². The van der Waals surface area contributed by atoms with E-state index in [2.05, 4.69) is 13.2 Å². The molecule has 0 aromatic rings. The number of carboxylic acid groups (broad SMARTS) is 1. The van der Waals surface area contributed by atoms with Gasteiger partial charge < -0.3 is 33.7 Å². The first kappa shape index (κ1) is 59.7. The summed E-state index contributed by atoms with van der Waals surface area (Å²) in [6.45, 7) is 21.9. The molecule has 1 N–H and O–H groups in total. The Kier molecular flexibility index (Phi) is 27.2. The molecular formula is C53H88N2O13. The smallest absolute Gasteiger partial charge is 0.411 e. The molecule has 0 aromatic heterocycles. The van der Waals surface area contributed by atoms with Crippen molar-refractivity contribution >= 4 is 41.8 Å². The van der Waals surface area contributed by atoms with Crippen LogP contribution in [0.2, 0.25) is 0 Å². The number of nitrogens with zero attached hydrogens (tertiary/aromatic N) is 2. The third kappa shape index (κ3) is 21.5. The van der Waals surface area contributed by atoms with Crippen molar-refractivity contribution in [2.75, 3.05) is 27.3 Å². The fraction of sp³-hybridized carbons (Fsp3) is 0.792. The molecule has 2 aliphatic heterocycles. The average molecular weight is 961 g/mol. The molecule has 68 heavy (non-hydrogen) atoms. The lowest BCUT2D eigenvalue weighted by Crippen LogP contribution is -2.46. The maximum atomic E-state index is 13.5. The lowest BCUT2D eigenvalue weighted by molar-refractivity contribution is -0.157. The van der Waals surface area contributed by atoms with Crippen LogP contribution in [0.4, 0.5) is 4.79 Å². The minimum absolute atomic E-state index is 0.00550. The molecule has 0 radical (unpaired) electrons. The Balaban J connectivity index is 0.000000367. The van der Waals surface area contributed by atoms with Gasteiger partial charge in [0.1, 0.15) is 29.9 Å². The molecule has 0 bridgehead atoms. The number of carboxylic acids is 1. The highest BCUT2D eigenvalue weighted by atomic mass is 16.6. The van der Waals surface area contributed by atoms with E-state index in [1.165, 1.54) is 19.1 Å². The van der Waals surface area contributed by atoms with Crippen molar-refractivity contribution in [2.45, 2.75) is 207 Å². The number of hydrogen-bond acceptors (Lipinski definition) is 12. The van der Waals surface area contributed by atoms with E-state index in [0.29, 0.717) is 25.9 Å². The van der Waals surface area contributed by atoms with Crippen molar-refractivity contribution in [1.82, 2.24) is 9.80 Å². The molecule has 4 rings (SSSR count). The quantitative estimate of drug-likeness (QED) is 0.0467. The van der Waals surface area contributed by atoms with Crippen molar-refractivity contribution in [1.29, 1.82) is 0 Å². The number of amides is 2. The molecule has 0 aromatic carbocycles. The summed E-state index contributed by atoms with van der Waals surface area (Å²) in [5.41, 5.74) is -0.552. The fourth-order valence-electron chi connectivity index (χ4n) is 9.61. The van der Waals surface area contributed by atoms with Gasteiger partial charge in [0.05, 0.1) is 38.9 Å². The summed E-state index contributed by atoms with van der Waals surface area (Å²) in [5.74, 6) is -2.98. The summed E-state index contributed by atoms with van der Waals surface area (Å²) < 4.78 is 25.9. The van der Waals surface area contributed by atoms with Gasteiger partial charge in [-0.25, -0.2) is 14.4 Å². The Bertz CT molecular complexity index is 1610. The van der Waals surface area contributed by atoms with Crippen LogP contribution < -0.4 is 0 Å². The number of carbonyl (C=O) groups excluding carboxylic acids is 6. The lowest BCUT2D eigenvalue weighted by atomic mass is 9.85. The highest BCUT2D eigenvalue weighted by molar-refractivity contribution is 5.89. The maximum absolute atomic E-state index is 13.5. The molecule has 2 aliphatic carbocycles. The molecule has 4 aliphatic rings. The Morgan fingerprint density at radius 1 is 0.647 bits per heavy atom. The number of hydrogen-bond donors (Lipinski definition) is 1. The summed E-state index contributed by atoms with van der Waals surface area (Å²) in [6.07, 6.45) is 20.2. The maximum Gasteiger partial charge on any atom is 0.411 e. The zero-order valence-electron chi connectivity index (χ0n) is 43.1. The van der Waals surface area contributed by atoms with Crippen LogP contribution in [0.1, 0.15) is 177 Å². The molecular weight excluding hydrogens is 873 g/mol. The standard InChI is InChI=1S/C24H39NO5.C17H28O4.C12H21NO4/c1-5-6-7-8-11-18(3)20(15-22(26)30-19-12-9-10-13-19)23(27)25-16-17(2)14-21(25)24(28)29-4;1-3-4-5-6-9-13(2)15(17(19)20)12-16(18)21-14-10-7-8-11-14;1-8-6-9(10(14)16-5)13(7-8)11(15)17-12(2,3)4/h5,17-21H,1,6-16H2,2-4H3;3,13-15H,1,4-12H2,2H3,(H,19,20);8-9H,6-7H2,1-5H3/t17-,18+,20-,21-;13-,15+;8-,9-/m010/s1. The van der Waals surface area contributed by atoms with Gasteiger partial charge in [-0.1, -0.05) is 52.7 Å². The van der Waals surface area contributed by atoms with Gasteiger partial charge in [0.15, 0.2) is 0 Å². The Morgan fingerprint density at radius 3 is 1.44 bits per heavy atom. The van der Waals surface area contributed by atoms with E-state index < -0.39 is 41.6 Å². The predicted octanol–water partition coefficient (Wildman–Crippen LogP) is 10.0. The number of unbranched alkanes of at least 4 members (excludes halogenated alkanes) is 4. The molecule has 2 saturated carbocycles. The molecule has 388 valence electrons. The van der Waals surface area contributed by atoms with Crippen LogP contribution >= 0.6 is 0 Å². The second-order valence-corrected chi connectivity index (χ2v) is 20.7. The summed E-state index contributed by atoms with van der Waals surface area (Å²) in [4.78, 5) is 88.3. The zero-order valence-corrected chi connectivity index (χ0v) is 43.1. The molecule has 15 heteroatoms. The van der Waals surface area contributed by atoms with Crippen LogP contribution in [-0.2, 0) is 52.5 Å². The van der Waals surface area contributed by atoms with Gasteiger partial charge in [-0.3, -0.25) is 24.1 Å². The molecule has 0 spiro atoms. The number of allylic oxidation sites excluding steroid dienone is 2. The number of rotatable bonds is 22. The van der Waals surface area contributed by atoms with Gasteiger partial charge in [0.2, 0.25) is 5.91 Å². The topological polar surface area (TPSA) is 192 Å². The number of carbonyl (C=O) groups is 7. The van der Waals surface area contributed by atoms with Gasteiger partial charge in [-0.2, -0.15) is 0 Å². The highest BCUT2D eigenvalue weighted by Gasteiger charge is 2.43. The number of ether oxygens (including phenoxy) is 5. The van der Waals surface area contributed by atoms with Crippen molar-refractivity contribution in [3.8, 4) is 0 Å². The number of likely N-dealkylation sites (tertiary alicyclic amines) is 2. The van der Waals surface area contributed by atoms with Crippen LogP contribution in [0.15, 0.2) is 25.3 Å². The number of esters is 4. The van der Waals surface area contributed by atoms with E-state index in [1.807, 2.05) is 39.8 Å². The lowest BCUT2D eigenvalue weighted by Gasteiger charge is -2.30. The van der Waals surface area contributed by atoms with Crippen LogP contribution in [0.3, 0.4) is 0 Å². The van der Waals surface area contributed by atoms with E-state index in [-0.39, 0.29) is 78.5 Å². The first-order valence-corrected chi connectivity index (χ1v) is 25.4. The third-order valence-electron chi connectivity index (χ3n) is 13.5. The van der Waals surface area contributed by atoms with Crippen molar-refractivity contribution in [3.05, 3.63) is 25.3 Å². The summed E-state index contributed by atoms with van der Waals surface area (Å²) in [7, 11) is 2.69. The molecule has 2 heterocycles. The van der Waals surface area contributed by atoms with Gasteiger partial charge in [-0.15, -0.1) is 13.2 Å². The van der Waals surface area contributed by atoms with Crippen LogP contribution in [-0.4, -0.2) is 114 Å². The first-order chi connectivity index (χ1) is 32.1. The molecule has 15 nitrogen and oxygen atoms in total. The van der Waals surface area contributed by atoms with Gasteiger partial charge in [0, 0.05) is 13.1 Å². The Labute approximate surface area is 407 Å². The number of aliphatic carboxylic acids is 1. The van der Waals surface area contributed by atoms with Crippen LogP contribution in [0, 0.1) is 35.5 Å². The van der Waals surface area contributed by atoms with Gasteiger partial charge in [0.25, 0.3) is 0 Å². The summed E-state index contributed by atoms with van der Waals surface area (Å²) in [5, 5.41) is 9.33. The summed E-state index contributed by atoms with van der Waals surface area (Å²) in [6, 6.07) is -1.07. The van der Waals surface area contributed by atoms with E-state index in [4.69, 9.17) is 23.7 Å². The van der Waals surface area contributed by atoms with E-state index >= 15 is 0 Å². The monoisotopic (exact) mass is 961 g/mol. The summed E-state index contributed by atoms with van der Waals surface area (Å²) >= 11 is 0. The second kappa shape index (κ2) is 30.9. The minimum Gasteiger partial charge on any atom is -0.481 e. The van der Waals surface area contributed by atoms with Crippen molar-refractivity contribution < 1.29 is 62.4 Å². The Hall–Kier alpha value is -4.43. The second-order valence-electron chi connectivity index (χ2n) is 20.7. The molecule has 2 amide bonds. The normalized spacial score (nSPS) is 22.2. The predicted molar refractivity (Wildman–Crippen MR) is 260 cm³/mol. The van der Waals surface area contributed by atoms with Gasteiger partial charge in [-0.05, 0) is 147 Å². The highest BCUT2D eigenvalue weighted by Crippen LogP contribution is 2.32. The molecule has 2 saturated heterocycles. The van der Waals surface area contributed by atoms with E-state index in [0.717, 1.165) is 103 Å². The van der Waals surface area contributed by atoms with Crippen LogP contribution in [0.25, 0.3) is 0 Å². The first-order valence-electron chi connectivity index (χ1n) is 25.4. The number of methoxy groups -OCH3 is 2. The van der Waals surface area contributed by atoms with Crippen LogP contribution in [0.5, 0.6) is 0 Å². The average Bonchev–Trinajstić information content (AvgIpc) is 4.13. The van der Waals surface area contributed by atoms with Gasteiger partial charge >= 0.3 is 35.9 Å². The largest absolute Gasteiger partial charge is 0.481 e. The van der Waals surface area contributed by atoms with Crippen molar-refractivity contribution in [2.24, 2.45) is 35.5 Å². The molecule has 0 unspecified atom stereocenters. The van der Waals surface area contributed by atoms with Crippen molar-refractivity contribution in [3.63, 3.8) is 0 Å². The van der Waals surface area contributed by atoms with E-state index in [9.17, 15) is 38.7 Å². The minimum atomic E-state index is -0.894. The molecule has 8 atom stereocenters. The Morgan fingerprint density at radius 2 is 1.04 bits per heavy atom. The SMILES string of the molecule is C=CCCCC[C@@H](C)[C@H](CC(=O)OC1CCCC1)C(=O)N1C[C@@H](C)C[C@H]1C(=O)OC.C=CCCCC[C@@H](C)[C@H](CC(=O)OC1CCCC1)C(=O)O.COC(=O)[C@@H]1C[C@H](C)CN1C(=O)OC(C)(C)C. The fourth-order valence-corrected chi connectivity index (χ4v) is 9.61. The molecule has 4 fully saturated rings.